The number of carboxylic acid groups (broad SMARTS) is 1. The fraction of sp³-hybridized carbons (Fsp3) is 0.529. The van der Waals surface area contributed by atoms with Crippen molar-refractivity contribution in [1.82, 2.24) is 5.32 Å². The van der Waals surface area contributed by atoms with Crippen LogP contribution in [0.3, 0.4) is 0 Å². The lowest BCUT2D eigenvalue weighted by molar-refractivity contribution is -0.122. The van der Waals surface area contributed by atoms with E-state index in [0.29, 0.717) is 24.3 Å². The molecule has 1 saturated carbocycles. The lowest BCUT2D eigenvalue weighted by Crippen LogP contribution is -2.53. The number of hydrogen-bond donors (Lipinski definition) is 4. The van der Waals surface area contributed by atoms with Gasteiger partial charge < -0.3 is 25.8 Å². The number of nitrogens with two attached hydrogens (primary N) is 1. The van der Waals surface area contributed by atoms with Crippen molar-refractivity contribution in [1.29, 1.82) is 0 Å². The summed E-state index contributed by atoms with van der Waals surface area (Å²) in [7, 11) is -1.27. The molecular weight excluding hydrogens is 323 g/mol. The lowest BCUT2D eigenvalue weighted by Gasteiger charge is -2.30. The van der Waals surface area contributed by atoms with Crippen LogP contribution in [-0.4, -0.2) is 41.1 Å². The third kappa shape index (κ3) is 4.14. The van der Waals surface area contributed by atoms with Gasteiger partial charge in [0.1, 0.15) is 5.75 Å². The second-order valence-electron chi connectivity index (χ2n) is 6.97. The Balaban J connectivity index is 1.61. The number of benzene rings is 1. The van der Waals surface area contributed by atoms with Gasteiger partial charge in [-0.25, -0.2) is 4.79 Å². The van der Waals surface area contributed by atoms with Crippen molar-refractivity contribution >= 4 is 19.0 Å². The van der Waals surface area contributed by atoms with Crippen molar-refractivity contribution < 1.29 is 24.4 Å². The van der Waals surface area contributed by atoms with Crippen molar-refractivity contribution in [2.45, 2.75) is 50.5 Å². The van der Waals surface area contributed by atoms with E-state index >= 15 is 0 Å². The van der Waals surface area contributed by atoms with Crippen LogP contribution in [0.2, 0.25) is 0 Å². The van der Waals surface area contributed by atoms with Gasteiger partial charge >= 0.3 is 13.1 Å². The van der Waals surface area contributed by atoms with Crippen LogP contribution < -0.4 is 15.7 Å². The highest BCUT2D eigenvalue weighted by Gasteiger charge is 2.38. The second-order valence-corrected chi connectivity index (χ2v) is 6.97. The number of nitrogens with one attached hydrogen (secondary N) is 1. The SMILES string of the molecule is NC1CCC(CC(=O)N[C@@H]2Cc3cccc(C(=O)O)c3OB2O)CC1. The molecule has 8 heteroatoms. The van der Waals surface area contributed by atoms with Gasteiger partial charge in [-0.3, -0.25) is 4.79 Å². The number of rotatable bonds is 4. The minimum Gasteiger partial charge on any atom is -0.534 e. The largest absolute Gasteiger partial charge is 0.547 e. The summed E-state index contributed by atoms with van der Waals surface area (Å²) in [4.78, 5) is 23.5. The average molecular weight is 346 g/mol. The van der Waals surface area contributed by atoms with Gasteiger partial charge in [-0.1, -0.05) is 12.1 Å². The summed E-state index contributed by atoms with van der Waals surface area (Å²) in [6.07, 6.45) is 4.53. The summed E-state index contributed by atoms with van der Waals surface area (Å²) in [5.74, 6) is -1.32. The molecule has 0 saturated heterocycles. The van der Waals surface area contributed by atoms with Gasteiger partial charge in [0.2, 0.25) is 5.91 Å². The lowest BCUT2D eigenvalue weighted by atomic mass is 9.72. The Hall–Kier alpha value is -2.06. The summed E-state index contributed by atoms with van der Waals surface area (Å²) < 4.78 is 5.39. The molecule has 0 aromatic heterocycles. The summed E-state index contributed by atoms with van der Waals surface area (Å²) >= 11 is 0. The first kappa shape index (κ1) is 17.8. The van der Waals surface area contributed by atoms with Crippen LogP contribution in [0.15, 0.2) is 18.2 Å². The van der Waals surface area contributed by atoms with E-state index in [4.69, 9.17) is 10.4 Å². The Kier molecular flexibility index (Phi) is 5.29. The monoisotopic (exact) mass is 346 g/mol. The number of fused-ring (bicyclic) bond motifs is 1. The molecular formula is C17H23BN2O5. The Morgan fingerprint density at radius 1 is 1.28 bits per heavy atom. The zero-order chi connectivity index (χ0) is 18.0. The first-order chi connectivity index (χ1) is 11.9. The van der Waals surface area contributed by atoms with Crippen LogP contribution in [0.1, 0.15) is 48.0 Å². The number of carbonyl (C=O) groups excluding carboxylic acids is 1. The highest BCUT2D eigenvalue weighted by Crippen LogP contribution is 2.30. The van der Waals surface area contributed by atoms with Crippen molar-refractivity contribution in [3.05, 3.63) is 29.3 Å². The summed E-state index contributed by atoms with van der Waals surface area (Å²) in [6, 6.07) is 5.05. The molecule has 1 aromatic carbocycles. The molecule has 1 aromatic rings. The second kappa shape index (κ2) is 7.45. The number of hydrogen-bond acceptors (Lipinski definition) is 5. The number of amides is 1. The minimum absolute atomic E-state index is 0.0138. The van der Waals surface area contributed by atoms with Crippen LogP contribution in [0.4, 0.5) is 0 Å². The van der Waals surface area contributed by atoms with Crippen LogP contribution in [-0.2, 0) is 11.2 Å². The van der Waals surface area contributed by atoms with Gasteiger partial charge in [-0.15, -0.1) is 0 Å². The van der Waals surface area contributed by atoms with E-state index < -0.39 is 19.0 Å². The molecule has 7 nitrogen and oxygen atoms in total. The van der Waals surface area contributed by atoms with Crippen LogP contribution in [0.25, 0.3) is 0 Å². The molecule has 5 N–H and O–H groups in total. The number of carboxylic acids is 1. The van der Waals surface area contributed by atoms with E-state index in [1.807, 2.05) is 0 Å². The molecule has 0 radical (unpaired) electrons. The predicted octanol–water partition coefficient (Wildman–Crippen LogP) is 0.732. The number of carbonyl (C=O) groups is 2. The quantitative estimate of drug-likeness (QED) is 0.597. The molecule has 1 atom stereocenters. The van der Waals surface area contributed by atoms with Gasteiger partial charge in [0.05, 0.1) is 11.5 Å². The molecule has 1 heterocycles. The Morgan fingerprint density at radius 3 is 2.68 bits per heavy atom. The number of aromatic carboxylic acids is 1. The molecule has 2 aliphatic rings. The topological polar surface area (TPSA) is 122 Å². The smallest absolute Gasteiger partial charge is 0.534 e. The zero-order valence-electron chi connectivity index (χ0n) is 14.0. The van der Waals surface area contributed by atoms with Gasteiger partial charge in [0.25, 0.3) is 0 Å². The molecule has 25 heavy (non-hydrogen) atoms. The molecule has 0 spiro atoms. The molecule has 1 aliphatic heterocycles. The van der Waals surface area contributed by atoms with Crippen molar-refractivity contribution in [2.24, 2.45) is 11.7 Å². The Morgan fingerprint density at radius 2 is 2.00 bits per heavy atom. The third-order valence-corrected chi connectivity index (χ3v) is 5.06. The van der Waals surface area contributed by atoms with E-state index in [0.717, 1.165) is 25.7 Å². The van der Waals surface area contributed by atoms with Crippen LogP contribution >= 0.6 is 0 Å². The fourth-order valence-electron chi connectivity index (χ4n) is 3.64. The van der Waals surface area contributed by atoms with Gasteiger partial charge in [0, 0.05) is 12.5 Å². The first-order valence-corrected chi connectivity index (χ1v) is 8.69. The van der Waals surface area contributed by atoms with E-state index in [-0.39, 0.29) is 23.3 Å². The third-order valence-electron chi connectivity index (χ3n) is 5.06. The number of para-hydroxylation sites is 1. The molecule has 1 amide bonds. The first-order valence-electron chi connectivity index (χ1n) is 8.69. The fourth-order valence-corrected chi connectivity index (χ4v) is 3.64. The predicted molar refractivity (Wildman–Crippen MR) is 92.2 cm³/mol. The normalized spacial score (nSPS) is 25.7. The highest BCUT2D eigenvalue weighted by molar-refractivity contribution is 6.47. The molecule has 0 bridgehead atoms. The summed E-state index contributed by atoms with van der Waals surface area (Å²) in [5, 5.41) is 22.2. The van der Waals surface area contributed by atoms with Crippen molar-refractivity contribution in [2.75, 3.05) is 0 Å². The van der Waals surface area contributed by atoms with E-state index in [1.54, 1.807) is 12.1 Å². The maximum atomic E-state index is 12.3. The van der Waals surface area contributed by atoms with Crippen LogP contribution in [0.5, 0.6) is 5.75 Å². The maximum Gasteiger partial charge on any atom is 0.547 e. The van der Waals surface area contributed by atoms with E-state index in [9.17, 15) is 19.7 Å². The molecule has 1 fully saturated rings. The van der Waals surface area contributed by atoms with Crippen LogP contribution in [0, 0.1) is 5.92 Å². The Bertz CT molecular complexity index is 660. The summed E-state index contributed by atoms with van der Waals surface area (Å²) in [6.45, 7) is 0. The zero-order valence-corrected chi connectivity index (χ0v) is 14.0. The minimum atomic E-state index is -1.27. The van der Waals surface area contributed by atoms with Gasteiger partial charge in [-0.2, -0.15) is 0 Å². The van der Waals surface area contributed by atoms with Gasteiger partial charge in [-0.05, 0) is 49.7 Å². The van der Waals surface area contributed by atoms with E-state index in [1.165, 1.54) is 6.07 Å². The summed E-state index contributed by atoms with van der Waals surface area (Å²) in [5.41, 5.74) is 6.56. The standard InChI is InChI=1S/C17H23BN2O5/c19-12-6-4-10(5-7-12)8-15(21)20-14-9-11-2-1-3-13(17(22)23)16(11)25-18(14)24/h1-3,10,12,14,24H,4-9,19H2,(H,20,21)(H,22,23)/t10?,12?,14-/m1/s1. The van der Waals surface area contributed by atoms with Gasteiger partial charge in [0.15, 0.2) is 0 Å². The molecule has 134 valence electrons. The molecule has 3 rings (SSSR count). The molecule has 1 aliphatic carbocycles. The molecule has 0 unspecified atom stereocenters. The van der Waals surface area contributed by atoms with Crippen molar-refractivity contribution in [3.8, 4) is 5.75 Å². The maximum absolute atomic E-state index is 12.3. The Labute approximate surface area is 146 Å². The van der Waals surface area contributed by atoms with E-state index in [2.05, 4.69) is 5.32 Å². The average Bonchev–Trinajstić information content (AvgIpc) is 2.57. The van der Waals surface area contributed by atoms with Crippen molar-refractivity contribution in [3.63, 3.8) is 0 Å². The highest BCUT2D eigenvalue weighted by atomic mass is 16.5.